The van der Waals surface area contributed by atoms with Gasteiger partial charge in [0.15, 0.2) is 0 Å². The van der Waals surface area contributed by atoms with Crippen molar-refractivity contribution >= 4 is 0 Å². The predicted molar refractivity (Wildman–Crippen MR) is 65.3 cm³/mol. The molecule has 1 aromatic rings. The highest BCUT2D eigenvalue weighted by Crippen LogP contribution is 2.04. The Bertz CT molecular complexity index is 307. The smallest absolute Gasteiger partial charge is 0.0591 e. The van der Waals surface area contributed by atoms with E-state index in [9.17, 15) is 0 Å². The van der Waals surface area contributed by atoms with Gasteiger partial charge in [-0.2, -0.15) is 5.10 Å². The lowest BCUT2D eigenvalue weighted by atomic mass is 10.2. The maximum absolute atomic E-state index is 5.49. The largest absolute Gasteiger partial charge is 0.380 e. The van der Waals surface area contributed by atoms with Crippen LogP contribution < -0.4 is 5.32 Å². The summed E-state index contributed by atoms with van der Waals surface area (Å²) in [5.74, 6) is 0.612. The fourth-order valence-corrected chi connectivity index (χ4v) is 1.40. The summed E-state index contributed by atoms with van der Waals surface area (Å²) in [4.78, 5) is 0. The van der Waals surface area contributed by atoms with Gasteiger partial charge in [0.05, 0.1) is 12.8 Å². The minimum atomic E-state index is 0.612. The van der Waals surface area contributed by atoms with Crippen LogP contribution in [-0.4, -0.2) is 29.5 Å². The van der Waals surface area contributed by atoms with Gasteiger partial charge in [-0.05, 0) is 12.8 Å². The molecule has 0 bridgehead atoms. The second-order valence-electron chi connectivity index (χ2n) is 4.52. The van der Waals surface area contributed by atoms with E-state index in [4.69, 9.17) is 4.74 Å². The molecule has 1 heterocycles. The van der Waals surface area contributed by atoms with E-state index in [1.807, 2.05) is 17.9 Å². The van der Waals surface area contributed by atoms with Crippen molar-refractivity contribution in [2.24, 2.45) is 13.0 Å². The number of aryl methyl sites for hydroxylation is 1. The first-order valence-electron chi connectivity index (χ1n) is 5.87. The summed E-state index contributed by atoms with van der Waals surface area (Å²) in [7, 11) is 1.96. The summed E-state index contributed by atoms with van der Waals surface area (Å²) >= 11 is 0. The van der Waals surface area contributed by atoms with Gasteiger partial charge >= 0.3 is 0 Å². The molecule has 0 unspecified atom stereocenters. The molecule has 0 aliphatic rings. The quantitative estimate of drug-likeness (QED) is 0.715. The van der Waals surface area contributed by atoms with E-state index in [0.717, 1.165) is 26.3 Å². The zero-order valence-corrected chi connectivity index (χ0v) is 10.8. The molecule has 1 rings (SSSR count). The monoisotopic (exact) mass is 225 g/mol. The summed E-state index contributed by atoms with van der Waals surface area (Å²) < 4.78 is 7.38. The Morgan fingerprint density at radius 1 is 1.50 bits per heavy atom. The molecule has 4 heteroatoms. The lowest BCUT2D eigenvalue weighted by Crippen LogP contribution is -2.20. The second kappa shape index (κ2) is 6.66. The summed E-state index contributed by atoms with van der Waals surface area (Å²) in [6.07, 6.45) is 1.91. The second-order valence-corrected chi connectivity index (χ2v) is 4.52. The van der Waals surface area contributed by atoms with E-state index in [0.29, 0.717) is 5.92 Å². The molecule has 0 saturated carbocycles. The number of nitrogens with zero attached hydrogens (tertiary/aromatic N) is 2. The number of hydrogen-bond acceptors (Lipinski definition) is 3. The normalized spacial score (nSPS) is 11.3. The third kappa shape index (κ3) is 4.33. The van der Waals surface area contributed by atoms with Crippen LogP contribution in [0.2, 0.25) is 0 Å². The molecular weight excluding hydrogens is 202 g/mol. The molecule has 0 aliphatic heterocycles. The number of ether oxygens (including phenoxy) is 1. The van der Waals surface area contributed by atoms with E-state index < -0.39 is 0 Å². The molecule has 16 heavy (non-hydrogen) atoms. The highest BCUT2D eigenvalue weighted by atomic mass is 16.5. The predicted octanol–water partition coefficient (Wildman–Crippen LogP) is 1.49. The van der Waals surface area contributed by atoms with Crippen molar-refractivity contribution in [3.63, 3.8) is 0 Å². The van der Waals surface area contributed by atoms with Gasteiger partial charge in [-0.25, -0.2) is 0 Å². The maximum Gasteiger partial charge on any atom is 0.0591 e. The van der Waals surface area contributed by atoms with E-state index in [1.165, 1.54) is 11.3 Å². The maximum atomic E-state index is 5.49. The lowest BCUT2D eigenvalue weighted by Gasteiger charge is -2.07. The summed E-state index contributed by atoms with van der Waals surface area (Å²) in [6, 6.07) is 0. The third-order valence-electron chi connectivity index (χ3n) is 2.53. The van der Waals surface area contributed by atoms with Crippen molar-refractivity contribution in [3.05, 3.63) is 17.5 Å². The number of nitrogens with one attached hydrogen (secondary N) is 1. The molecule has 1 aromatic heterocycles. The standard InChI is InChI=1S/C12H23N3O/c1-10(2)9-16-6-5-13-7-12-8-14-15(4)11(12)3/h8,10,13H,5-7,9H2,1-4H3. The highest BCUT2D eigenvalue weighted by Gasteiger charge is 2.02. The van der Waals surface area contributed by atoms with Gasteiger partial charge < -0.3 is 10.1 Å². The van der Waals surface area contributed by atoms with Crippen molar-refractivity contribution < 1.29 is 4.74 Å². The van der Waals surface area contributed by atoms with Gasteiger partial charge in [-0.1, -0.05) is 13.8 Å². The molecule has 0 radical (unpaired) electrons. The molecule has 0 fully saturated rings. The molecule has 0 aliphatic carbocycles. The van der Waals surface area contributed by atoms with E-state index in [2.05, 4.69) is 31.2 Å². The topological polar surface area (TPSA) is 39.1 Å². The molecule has 4 nitrogen and oxygen atoms in total. The Morgan fingerprint density at radius 3 is 2.81 bits per heavy atom. The van der Waals surface area contributed by atoms with Gasteiger partial charge in [-0.15, -0.1) is 0 Å². The Kier molecular flexibility index (Phi) is 5.49. The highest BCUT2D eigenvalue weighted by molar-refractivity contribution is 5.15. The van der Waals surface area contributed by atoms with Crippen molar-refractivity contribution in [1.29, 1.82) is 0 Å². The van der Waals surface area contributed by atoms with Gasteiger partial charge in [0.25, 0.3) is 0 Å². The van der Waals surface area contributed by atoms with Gasteiger partial charge in [-0.3, -0.25) is 4.68 Å². The van der Waals surface area contributed by atoms with E-state index >= 15 is 0 Å². The van der Waals surface area contributed by atoms with E-state index in [-0.39, 0.29) is 0 Å². The number of aromatic nitrogens is 2. The SMILES string of the molecule is Cc1c(CNCCOCC(C)C)cnn1C. The van der Waals surface area contributed by atoms with Crippen molar-refractivity contribution in [2.45, 2.75) is 27.3 Å². The first-order chi connectivity index (χ1) is 7.61. The molecule has 0 saturated heterocycles. The van der Waals surface area contributed by atoms with Gasteiger partial charge in [0.1, 0.15) is 0 Å². The Morgan fingerprint density at radius 2 is 2.25 bits per heavy atom. The zero-order chi connectivity index (χ0) is 12.0. The first-order valence-corrected chi connectivity index (χ1v) is 5.87. The third-order valence-corrected chi connectivity index (χ3v) is 2.53. The fourth-order valence-electron chi connectivity index (χ4n) is 1.40. The Labute approximate surface area is 98.0 Å². The lowest BCUT2D eigenvalue weighted by molar-refractivity contribution is 0.111. The van der Waals surface area contributed by atoms with Gasteiger partial charge in [0, 0.05) is 38.0 Å². The summed E-state index contributed by atoms with van der Waals surface area (Å²) in [6.45, 7) is 9.77. The van der Waals surface area contributed by atoms with Crippen molar-refractivity contribution in [2.75, 3.05) is 19.8 Å². The number of hydrogen-bond donors (Lipinski definition) is 1. The van der Waals surface area contributed by atoms with Crippen LogP contribution in [0.25, 0.3) is 0 Å². The molecule has 0 spiro atoms. The molecule has 92 valence electrons. The van der Waals surface area contributed by atoms with Gasteiger partial charge in [0.2, 0.25) is 0 Å². The van der Waals surface area contributed by atoms with Crippen molar-refractivity contribution in [1.82, 2.24) is 15.1 Å². The number of rotatable bonds is 7. The average Bonchev–Trinajstić information content (AvgIpc) is 2.54. The van der Waals surface area contributed by atoms with E-state index in [1.54, 1.807) is 0 Å². The van der Waals surface area contributed by atoms with Crippen molar-refractivity contribution in [3.8, 4) is 0 Å². The fraction of sp³-hybridized carbons (Fsp3) is 0.750. The average molecular weight is 225 g/mol. The van der Waals surface area contributed by atoms with Crippen LogP contribution in [0.5, 0.6) is 0 Å². The summed E-state index contributed by atoms with van der Waals surface area (Å²) in [5, 5.41) is 7.55. The zero-order valence-electron chi connectivity index (χ0n) is 10.8. The van der Waals surface area contributed by atoms with Crippen LogP contribution in [0, 0.1) is 12.8 Å². The molecule has 0 aromatic carbocycles. The minimum Gasteiger partial charge on any atom is -0.380 e. The Balaban J connectivity index is 2.10. The molecule has 0 amide bonds. The first kappa shape index (κ1) is 13.2. The van der Waals surface area contributed by atoms with Crippen LogP contribution in [0.1, 0.15) is 25.1 Å². The van der Waals surface area contributed by atoms with Crippen LogP contribution >= 0.6 is 0 Å². The van der Waals surface area contributed by atoms with Crippen LogP contribution in [0.4, 0.5) is 0 Å². The molecule has 0 atom stereocenters. The van der Waals surface area contributed by atoms with Crippen LogP contribution in [0.15, 0.2) is 6.20 Å². The molecule has 1 N–H and O–H groups in total. The summed E-state index contributed by atoms with van der Waals surface area (Å²) in [5.41, 5.74) is 2.47. The Hall–Kier alpha value is -0.870. The minimum absolute atomic E-state index is 0.612. The molecular formula is C12H23N3O. The van der Waals surface area contributed by atoms with Crippen LogP contribution in [0.3, 0.4) is 0 Å². The van der Waals surface area contributed by atoms with Crippen LogP contribution in [-0.2, 0) is 18.3 Å².